The lowest BCUT2D eigenvalue weighted by Gasteiger charge is -2.14. The van der Waals surface area contributed by atoms with Crippen LogP contribution >= 0.6 is 57.6 Å². The van der Waals surface area contributed by atoms with Gasteiger partial charge in [0.25, 0.3) is 5.91 Å². The van der Waals surface area contributed by atoms with Crippen LogP contribution in [-0.4, -0.2) is 18.2 Å². The van der Waals surface area contributed by atoms with E-state index < -0.39 is 0 Å². The highest BCUT2D eigenvalue weighted by Gasteiger charge is 2.24. The van der Waals surface area contributed by atoms with Crippen molar-refractivity contribution in [2.45, 2.75) is 20.5 Å². The van der Waals surface area contributed by atoms with Gasteiger partial charge in [-0.1, -0.05) is 35.3 Å². The van der Waals surface area contributed by atoms with Crippen molar-refractivity contribution in [2.75, 3.05) is 7.11 Å². The van der Waals surface area contributed by atoms with E-state index >= 15 is 0 Å². The van der Waals surface area contributed by atoms with Crippen LogP contribution < -0.4 is 14.8 Å². The molecule has 0 atom stereocenters. The Morgan fingerprint density at radius 1 is 1.09 bits per heavy atom. The van der Waals surface area contributed by atoms with E-state index in [1.165, 1.54) is 11.8 Å². The van der Waals surface area contributed by atoms with Gasteiger partial charge in [0.1, 0.15) is 6.61 Å². The molecule has 1 N–H and O–H groups in total. The van der Waals surface area contributed by atoms with Gasteiger partial charge in [-0.3, -0.25) is 4.79 Å². The largest absolute Gasteiger partial charge is 0.493 e. The Kier molecular flexibility index (Phi) is 8.31. The molecule has 0 saturated carbocycles. The summed E-state index contributed by atoms with van der Waals surface area (Å²) in [4.78, 5) is 17.7. The molecule has 9 heteroatoms. The number of aryl methyl sites for hydroxylation is 2. The quantitative estimate of drug-likeness (QED) is 0.222. The summed E-state index contributed by atoms with van der Waals surface area (Å²) in [5.41, 5.74) is 4.68. The van der Waals surface area contributed by atoms with Crippen LogP contribution in [0, 0.1) is 17.4 Å². The van der Waals surface area contributed by atoms with E-state index in [1.54, 1.807) is 19.2 Å². The predicted molar refractivity (Wildman–Crippen MR) is 153 cm³/mol. The Hall–Kier alpha value is -2.20. The second-order valence-electron chi connectivity index (χ2n) is 7.89. The fourth-order valence-electron chi connectivity index (χ4n) is 3.52. The summed E-state index contributed by atoms with van der Waals surface area (Å²) in [5.74, 6) is 0.966. The van der Waals surface area contributed by atoms with E-state index in [1.807, 2.05) is 50.3 Å². The molecule has 1 fully saturated rings. The number of nitrogens with one attached hydrogen (secondary N) is 1. The Balaban J connectivity index is 1.55. The van der Waals surface area contributed by atoms with Crippen molar-refractivity contribution in [1.29, 1.82) is 0 Å². The zero-order valence-electron chi connectivity index (χ0n) is 19.1. The van der Waals surface area contributed by atoms with Crippen LogP contribution in [0.3, 0.4) is 0 Å². The molecule has 1 amide bonds. The van der Waals surface area contributed by atoms with E-state index in [-0.39, 0.29) is 12.5 Å². The van der Waals surface area contributed by atoms with Gasteiger partial charge in [0.15, 0.2) is 16.7 Å². The number of carbonyl (C=O) groups is 1. The van der Waals surface area contributed by atoms with E-state index in [0.29, 0.717) is 31.6 Å². The van der Waals surface area contributed by atoms with Gasteiger partial charge in [-0.15, -0.1) is 0 Å². The summed E-state index contributed by atoms with van der Waals surface area (Å²) in [7, 11) is 1.58. The summed E-state index contributed by atoms with van der Waals surface area (Å²) in [5, 5.41) is 4.49. The van der Waals surface area contributed by atoms with Gasteiger partial charge < -0.3 is 14.8 Å². The molecule has 4 rings (SSSR count). The number of thioether (sulfide) groups is 1. The number of halogens is 3. The van der Waals surface area contributed by atoms with Gasteiger partial charge in [-0.05, 0) is 107 Å². The number of carbonyl (C=O) groups excluding carboxylic acids is 1. The first-order valence-corrected chi connectivity index (χ1v) is 13.2. The van der Waals surface area contributed by atoms with Gasteiger partial charge in [0.2, 0.25) is 0 Å². The first kappa shape index (κ1) is 25.9. The zero-order valence-corrected chi connectivity index (χ0v) is 23.6. The van der Waals surface area contributed by atoms with Crippen molar-refractivity contribution < 1.29 is 14.3 Å². The monoisotopic (exact) mass is 638 g/mol. The molecule has 1 heterocycles. The molecule has 5 nitrogen and oxygen atoms in total. The van der Waals surface area contributed by atoms with Crippen LogP contribution in [0.4, 0.5) is 5.69 Å². The third kappa shape index (κ3) is 6.52. The van der Waals surface area contributed by atoms with Crippen LogP contribution in [0.15, 0.2) is 58.4 Å². The highest BCUT2D eigenvalue weighted by atomic mass is 127. The third-order valence-electron chi connectivity index (χ3n) is 5.02. The lowest BCUT2D eigenvalue weighted by atomic mass is 10.1. The molecule has 3 aromatic carbocycles. The number of rotatable bonds is 6. The fourth-order valence-corrected chi connectivity index (χ4v) is 5.60. The number of amides is 1. The zero-order chi connectivity index (χ0) is 25.1. The van der Waals surface area contributed by atoms with E-state index in [2.05, 4.69) is 39.0 Å². The van der Waals surface area contributed by atoms with Crippen LogP contribution in [0.2, 0.25) is 10.0 Å². The Morgan fingerprint density at radius 2 is 1.83 bits per heavy atom. The second-order valence-corrected chi connectivity index (χ2v) is 10.9. The fraction of sp³-hybridized carbons (Fsp3) is 0.154. The summed E-state index contributed by atoms with van der Waals surface area (Å²) in [6.45, 7) is 4.31. The number of methoxy groups -OCH3 is 1. The Morgan fingerprint density at radius 3 is 2.51 bits per heavy atom. The molecule has 0 bridgehead atoms. The minimum absolute atomic E-state index is 0.190. The van der Waals surface area contributed by atoms with Crippen LogP contribution in [0.5, 0.6) is 11.5 Å². The standard InChI is InChI=1S/C26H21Cl2IN2O3S/c1-14-6-15(2)8-19(7-14)30-26-31-25(32)23(35-26)11-16-9-21(29)24(22(10-16)33-3)34-13-17-4-5-18(27)12-20(17)28/h4-12H,13H2,1-3H3,(H,30,31,32)/b23-11-. The summed E-state index contributed by atoms with van der Waals surface area (Å²) >= 11 is 15.7. The normalized spacial score (nSPS) is 15.5. The molecule has 35 heavy (non-hydrogen) atoms. The molecular formula is C26H21Cl2IN2O3S. The van der Waals surface area contributed by atoms with Gasteiger partial charge in [0.05, 0.1) is 21.3 Å². The van der Waals surface area contributed by atoms with Gasteiger partial charge in [-0.2, -0.15) is 0 Å². The Labute approximate surface area is 232 Å². The molecule has 0 aliphatic carbocycles. The number of aliphatic imine (C=N–C) groups is 1. The number of amidine groups is 1. The van der Waals surface area contributed by atoms with Gasteiger partial charge in [0, 0.05) is 15.6 Å². The number of ether oxygens (including phenoxy) is 2. The maximum absolute atomic E-state index is 12.6. The van der Waals surface area contributed by atoms with Crippen molar-refractivity contribution >= 4 is 80.4 Å². The molecular weight excluding hydrogens is 618 g/mol. The molecule has 0 aromatic heterocycles. The second kappa shape index (κ2) is 11.2. The Bertz CT molecular complexity index is 1350. The first-order chi connectivity index (χ1) is 16.7. The number of nitrogens with zero attached hydrogens (tertiary/aromatic N) is 1. The van der Waals surface area contributed by atoms with Crippen LogP contribution in [-0.2, 0) is 11.4 Å². The van der Waals surface area contributed by atoms with Crippen molar-refractivity contribution in [3.63, 3.8) is 0 Å². The van der Waals surface area contributed by atoms with Crippen molar-refractivity contribution in [3.05, 3.63) is 89.3 Å². The SMILES string of the molecule is COc1cc(/C=C2\SC(=Nc3cc(C)cc(C)c3)NC2=O)cc(I)c1OCc1ccc(Cl)cc1Cl. The third-order valence-corrected chi connectivity index (χ3v) is 7.32. The minimum Gasteiger partial charge on any atom is -0.493 e. The molecule has 0 radical (unpaired) electrons. The van der Waals surface area contributed by atoms with E-state index in [0.717, 1.165) is 31.5 Å². The smallest absolute Gasteiger partial charge is 0.264 e. The lowest BCUT2D eigenvalue weighted by molar-refractivity contribution is -0.115. The van der Waals surface area contributed by atoms with Crippen molar-refractivity contribution in [1.82, 2.24) is 5.32 Å². The lowest BCUT2D eigenvalue weighted by Crippen LogP contribution is -2.19. The maximum Gasteiger partial charge on any atom is 0.264 e. The summed E-state index contributed by atoms with van der Waals surface area (Å²) < 4.78 is 12.4. The van der Waals surface area contributed by atoms with Crippen LogP contribution in [0.25, 0.3) is 6.08 Å². The minimum atomic E-state index is -0.190. The van der Waals surface area contributed by atoms with Gasteiger partial charge >= 0.3 is 0 Å². The molecule has 1 aliphatic rings. The molecule has 1 saturated heterocycles. The van der Waals surface area contributed by atoms with Crippen LogP contribution in [0.1, 0.15) is 22.3 Å². The maximum atomic E-state index is 12.6. The van der Waals surface area contributed by atoms with Gasteiger partial charge in [-0.25, -0.2) is 4.99 Å². The first-order valence-electron chi connectivity index (χ1n) is 10.5. The predicted octanol–water partition coefficient (Wildman–Crippen LogP) is 7.69. The molecule has 0 spiro atoms. The number of hydrogen-bond donors (Lipinski definition) is 1. The number of benzene rings is 3. The average Bonchev–Trinajstić information content (AvgIpc) is 3.11. The molecule has 180 valence electrons. The molecule has 3 aromatic rings. The van der Waals surface area contributed by atoms with Crippen molar-refractivity contribution in [3.8, 4) is 11.5 Å². The molecule has 0 unspecified atom stereocenters. The number of hydrogen-bond acceptors (Lipinski definition) is 5. The average molecular weight is 639 g/mol. The molecule has 1 aliphatic heterocycles. The highest BCUT2D eigenvalue weighted by molar-refractivity contribution is 14.1. The summed E-state index contributed by atoms with van der Waals surface area (Å²) in [6.07, 6.45) is 1.81. The summed E-state index contributed by atoms with van der Waals surface area (Å²) in [6, 6.07) is 15.1. The van der Waals surface area contributed by atoms with E-state index in [4.69, 9.17) is 32.7 Å². The topological polar surface area (TPSA) is 59.9 Å². The highest BCUT2D eigenvalue weighted by Crippen LogP contribution is 2.37. The van der Waals surface area contributed by atoms with E-state index in [9.17, 15) is 4.79 Å². The van der Waals surface area contributed by atoms with Crippen molar-refractivity contribution in [2.24, 2.45) is 4.99 Å².